The summed E-state index contributed by atoms with van der Waals surface area (Å²) in [4.78, 5) is 2.90. The highest BCUT2D eigenvalue weighted by Crippen LogP contribution is 2.53. The first kappa shape index (κ1) is 13.4. The molecule has 0 saturated carbocycles. The summed E-state index contributed by atoms with van der Waals surface area (Å²) in [5.41, 5.74) is 8.84. The van der Waals surface area contributed by atoms with Crippen molar-refractivity contribution in [3.63, 3.8) is 0 Å². The van der Waals surface area contributed by atoms with E-state index in [1.54, 1.807) is 0 Å². The van der Waals surface area contributed by atoms with Gasteiger partial charge < -0.3 is 0 Å². The van der Waals surface area contributed by atoms with E-state index in [4.69, 9.17) is 0 Å². The van der Waals surface area contributed by atoms with E-state index in [2.05, 4.69) is 74.5 Å². The molecule has 0 amide bonds. The van der Waals surface area contributed by atoms with Crippen molar-refractivity contribution in [2.24, 2.45) is 0 Å². The van der Waals surface area contributed by atoms with Gasteiger partial charge in [-0.05, 0) is 45.9 Å². The van der Waals surface area contributed by atoms with Crippen LogP contribution in [0.15, 0.2) is 70.5 Å². The minimum atomic E-state index is 0.0704. The zero-order valence-electron chi connectivity index (χ0n) is 13.4. The highest BCUT2D eigenvalue weighted by Gasteiger charge is 2.35. The highest BCUT2D eigenvalue weighted by atomic mass is 32.2. The first-order valence-electron chi connectivity index (χ1n) is 8.18. The fraction of sp³-hybridized carbons (Fsp3) is 0.182. The van der Waals surface area contributed by atoms with Gasteiger partial charge in [0.25, 0.3) is 0 Å². The van der Waals surface area contributed by atoms with E-state index in [9.17, 15) is 0 Å². The molecule has 3 aromatic carbocycles. The third kappa shape index (κ3) is 1.74. The van der Waals surface area contributed by atoms with Gasteiger partial charge in [0.2, 0.25) is 0 Å². The average Bonchev–Trinajstić information content (AvgIpc) is 2.94. The lowest BCUT2D eigenvalue weighted by atomic mass is 9.76. The molecule has 1 heteroatoms. The zero-order valence-corrected chi connectivity index (χ0v) is 14.2. The van der Waals surface area contributed by atoms with Crippen molar-refractivity contribution in [2.45, 2.75) is 35.5 Å². The molecule has 1 aliphatic carbocycles. The maximum Gasteiger partial charge on any atom is 0.0204 e. The maximum atomic E-state index is 2.36. The Labute approximate surface area is 141 Å². The van der Waals surface area contributed by atoms with E-state index < -0.39 is 0 Å². The molecule has 0 N–H and O–H groups in total. The van der Waals surface area contributed by atoms with Crippen molar-refractivity contribution in [3.8, 4) is 11.1 Å². The first-order valence-corrected chi connectivity index (χ1v) is 9.00. The van der Waals surface area contributed by atoms with Gasteiger partial charge in [-0.1, -0.05) is 80.2 Å². The lowest BCUT2D eigenvalue weighted by molar-refractivity contribution is 0.605. The number of hydrogen-bond acceptors (Lipinski definition) is 1. The van der Waals surface area contributed by atoms with Crippen LogP contribution in [0.25, 0.3) is 11.1 Å². The molecule has 0 saturated heterocycles. The van der Waals surface area contributed by atoms with Crippen LogP contribution in [-0.2, 0) is 11.8 Å². The number of fused-ring (bicyclic) bond motifs is 6. The minimum Gasteiger partial charge on any atom is -0.0891 e. The van der Waals surface area contributed by atoms with E-state index >= 15 is 0 Å². The van der Waals surface area contributed by atoms with Crippen LogP contribution in [0.5, 0.6) is 0 Å². The van der Waals surface area contributed by atoms with Gasteiger partial charge in [0.05, 0.1) is 0 Å². The Bertz CT molecular complexity index is 950. The molecular formula is C22H18S. The molecular weight excluding hydrogens is 296 g/mol. The Morgan fingerprint density at radius 1 is 0.783 bits per heavy atom. The van der Waals surface area contributed by atoms with E-state index in [-0.39, 0.29) is 5.41 Å². The molecule has 0 unspecified atom stereocenters. The summed E-state index contributed by atoms with van der Waals surface area (Å²) in [5, 5.41) is 0. The molecule has 0 bridgehead atoms. The summed E-state index contributed by atoms with van der Waals surface area (Å²) in [7, 11) is 0. The second kappa shape index (κ2) is 4.52. The van der Waals surface area contributed by atoms with Crippen LogP contribution in [0.3, 0.4) is 0 Å². The molecule has 3 aromatic rings. The topological polar surface area (TPSA) is 0 Å². The Morgan fingerprint density at radius 2 is 1.57 bits per heavy atom. The molecule has 1 heterocycles. The van der Waals surface area contributed by atoms with Crippen LogP contribution in [0.2, 0.25) is 0 Å². The maximum absolute atomic E-state index is 2.36. The van der Waals surface area contributed by atoms with Crippen molar-refractivity contribution >= 4 is 11.8 Å². The standard InChI is InChI=1S/C22H18S/c1-22(2)18-9-5-6-10-20(18)23-21-17-13-14-7-3-4-8-15(14)16(17)11-12-19(21)22/h3-12H,13H2,1-2H3. The van der Waals surface area contributed by atoms with Gasteiger partial charge in [-0.3, -0.25) is 0 Å². The van der Waals surface area contributed by atoms with Crippen LogP contribution in [0.1, 0.15) is 36.1 Å². The third-order valence-electron chi connectivity index (χ3n) is 5.38. The Balaban J connectivity index is 1.77. The second-order valence-corrected chi connectivity index (χ2v) is 8.08. The summed E-state index contributed by atoms with van der Waals surface area (Å²) >= 11 is 1.96. The summed E-state index contributed by atoms with van der Waals surface area (Å²) < 4.78 is 0. The smallest absolute Gasteiger partial charge is 0.0204 e. The molecule has 0 spiro atoms. The van der Waals surface area contributed by atoms with Crippen LogP contribution in [0, 0.1) is 0 Å². The fourth-order valence-electron chi connectivity index (χ4n) is 4.12. The summed E-state index contributed by atoms with van der Waals surface area (Å²) in [6, 6.07) is 22.4. The van der Waals surface area contributed by atoms with Crippen LogP contribution in [0.4, 0.5) is 0 Å². The average molecular weight is 314 g/mol. The van der Waals surface area contributed by atoms with Gasteiger partial charge in [-0.25, -0.2) is 0 Å². The Kier molecular flexibility index (Phi) is 2.64. The van der Waals surface area contributed by atoms with E-state index in [0.29, 0.717) is 0 Å². The quantitative estimate of drug-likeness (QED) is 0.381. The van der Waals surface area contributed by atoms with E-state index in [0.717, 1.165) is 6.42 Å². The van der Waals surface area contributed by atoms with Crippen molar-refractivity contribution in [1.29, 1.82) is 0 Å². The van der Waals surface area contributed by atoms with Gasteiger partial charge >= 0.3 is 0 Å². The van der Waals surface area contributed by atoms with E-state index in [1.165, 1.54) is 43.2 Å². The molecule has 5 rings (SSSR count). The first-order chi connectivity index (χ1) is 11.2. The molecule has 0 radical (unpaired) electrons. The molecule has 0 atom stereocenters. The largest absolute Gasteiger partial charge is 0.0891 e. The van der Waals surface area contributed by atoms with Gasteiger partial charge in [-0.15, -0.1) is 0 Å². The molecule has 0 nitrogen and oxygen atoms in total. The number of hydrogen-bond donors (Lipinski definition) is 0. The van der Waals surface area contributed by atoms with Gasteiger partial charge in [0, 0.05) is 15.2 Å². The molecule has 112 valence electrons. The van der Waals surface area contributed by atoms with Gasteiger partial charge in [0.1, 0.15) is 0 Å². The molecule has 23 heavy (non-hydrogen) atoms. The predicted octanol–water partition coefficient (Wildman–Crippen LogP) is 6.05. The van der Waals surface area contributed by atoms with Crippen LogP contribution < -0.4 is 0 Å². The lowest BCUT2D eigenvalue weighted by Gasteiger charge is -2.35. The summed E-state index contributed by atoms with van der Waals surface area (Å²) in [6.45, 7) is 4.72. The SMILES string of the molecule is CC1(C)c2ccccc2Sc2c1ccc1c2Cc2ccccc2-1. The zero-order chi connectivity index (χ0) is 15.6. The van der Waals surface area contributed by atoms with E-state index in [1.807, 2.05) is 11.8 Å². The molecule has 0 aromatic heterocycles. The Morgan fingerprint density at radius 3 is 2.48 bits per heavy atom. The van der Waals surface area contributed by atoms with Gasteiger partial charge in [-0.2, -0.15) is 0 Å². The molecule has 0 fully saturated rings. The Hall–Kier alpha value is -1.99. The van der Waals surface area contributed by atoms with Crippen molar-refractivity contribution in [3.05, 3.63) is 82.9 Å². The fourth-order valence-corrected chi connectivity index (χ4v) is 5.66. The van der Waals surface area contributed by atoms with Gasteiger partial charge in [0.15, 0.2) is 0 Å². The normalized spacial score (nSPS) is 16.3. The van der Waals surface area contributed by atoms with Crippen LogP contribution in [-0.4, -0.2) is 0 Å². The third-order valence-corrected chi connectivity index (χ3v) is 6.63. The van der Waals surface area contributed by atoms with Crippen LogP contribution >= 0.6 is 11.8 Å². The molecule has 1 aliphatic heterocycles. The summed E-state index contributed by atoms with van der Waals surface area (Å²) in [5.74, 6) is 0. The second-order valence-electron chi connectivity index (χ2n) is 7.03. The predicted molar refractivity (Wildman–Crippen MR) is 97.4 cm³/mol. The van der Waals surface area contributed by atoms with Crippen molar-refractivity contribution in [1.82, 2.24) is 0 Å². The minimum absolute atomic E-state index is 0.0704. The summed E-state index contributed by atoms with van der Waals surface area (Å²) in [6.07, 6.45) is 1.07. The lowest BCUT2D eigenvalue weighted by Crippen LogP contribution is -2.24. The van der Waals surface area contributed by atoms with Crippen molar-refractivity contribution < 1.29 is 0 Å². The monoisotopic (exact) mass is 314 g/mol. The van der Waals surface area contributed by atoms with Crippen molar-refractivity contribution in [2.75, 3.05) is 0 Å². The number of rotatable bonds is 0. The highest BCUT2D eigenvalue weighted by molar-refractivity contribution is 7.99. The molecule has 2 aliphatic rings. The number of benzene rings is 3.